The van der Waals surface area contributed by atoms with E-state index in [0.29, 0.717) is 5.92 Å². The second-order valence-corrected chi connectivity index (χ2v) is 3.81. The molecule has 2 rings (SSSR count). The molecule has 2 N–H and O–H groups in total. The largest absolute Gasteiger partial charge is 0.448 e. The van der Waals surface area contributed by atoms with Crippen molar-refractivity contribution in [3.63, 3.8) is 0 Å². The van der Waals surface area contributed by atoms with Gasteiger partial charge in [0.25, 0.3) is 0 Å². The lowest BCUT2D eigenvalue weighted by Gasteiger charge is -2.18. The summed E-state index contributed by atoms with van der Waals surface area (Å²) in [5, 5.41) is 0. The Morgan fingerprint density at radius 2 is 2.50 bits per heavy atom. The third-order valence-electron chi connectivity index (χ3n) is 2.52. The number of hydrogen-bond acceptors (Lipinski definition) is 4. The molecule has 0 radical (unpaired) electrons. The molecule has 0 aromatic carbocycles. The molecule has 1 aliphatic heterocycles. The van der Waals surface area contributed by atoms with Gasteiger partial charge >= 0.3 is 0 Å². The third-order valence-corrected chi connectivity index (χ3v) is 2.52. The van der Waals surface area contributed by atoms with E-state index in [1.54, 1.807) is 6.26 Å². The zero-order valence-electron chi connectivity index (χ0n) is 8.40. The molecule has 1 fully saturated rings. The summed E-state index contributed by atoms with van der Waals surface area (Å²) in [5.74, 6) is 1.09. The molecule has 0 saturated carbocycles. The number of aromatic nitrogens is 1. The van der Waals surface area contributed by atoms with Crippen LogP contribution in [0, 0.1) is 0 Å². The second-order valence-electron chi connectivity index (χ2n) is 3.81. The van der Waals surface area contributed by atoms with E-state index < -0.39 is 0 Å². The molecule has 1 aliphatic rings. The van der Waals surface area contributed by atoms with Crippen LogP contribution in [0.1, 0.15) is 43.3 Å². The van der Waals surface area contributed by atoms with Gasteiger partial charge in [0.1, 0.15) is 6.26 Å². The van der Waals surface area contributed by atoms with Crippen molar-refractivity contribution in [2.45, 2.75) is 31.7 Å². The SMILES string of the molecule is CC(N)c1coc(C2CCCOC2)n1. The number of rotatable bonds is 2. The minimum Gasteiger partial charge on any atom is -0.448 e. The summed E-state index contributed by atoms with van der Waals surface area (Å²) in [7, 11) is 0. The monoisotopic (exact) mass is 196 g/mol. The molecule has 14 heavy (non-hydrogen) atoms. The highest BCUT2D eigenvalue weighted by Crippen LogP contribution is 2.25. The van der Waals surface area contributed by atoms with E-state index in [0.717, 1.165) is 37.6 Å². The zero-order valence-corrected chi connectivity index (χ0v) is 8.40. The zero-order chi connectivity index (χ0) is 9.97. The normalized spacial score (nSPS) is 24.9. The highest BCUT2D eigenvalue weighted by molar-refractivity contribution is 5.04. The van der Waals surface area contributed by atoms with Crippen LogP contribution in [0.2, 0.25) is 0 Å². The topological polar surface area (TPSA) is 61.3 Å². The van der Waals surface area contributed by atoms with E-state index >= 15 is 0 Å². The van der Waals surface area contributed by atoms with Gasteiger partial charge in [0.2, 0.25) is 0 Å². The van der Waals surface area contributed by atoms with Crippen molar-refractivity contribution in [1.29, 1.82) is 0 Å². The fourth-order valence-corrected chi connectivity index (χ4v) is 1.63. The predicted octanol–water partition coefficient (Wildman–Crippen LogP) is 1.59. The number of oxazole rings is 1. The Labute approximate surface area is 83.4 Å². The molecule has 4 heteroatoms. The highest BCUT2D eigenvalue weighted by Gasteiger charge is 2.21. The molecule has 4 nitrogen and oxygen atoms in total. The van der Waals surface area contributed by atoms with Crippen LogP contribution < -0.4 is 5.73 Å². The first-order chi connectivity index (χ1) is 6.77. The summed E-state index contributed by atoms with van der Waals surface area (Å²) in [6.07, 6.45) is 3.83. The molecule has 0 spiro atoms. The van der Waals surface area contributed by atoms with E-state index in [2.05, 4.69) is 4.98 Å². The number of hydrogen-bond donors (Lipinski definition) is 1. The Balaban J connectivity index is 2.07. The first kappa shape index (κ1) is 9.68. The van der Waals surface area contributed by atoms with Gasteiger partial charge in [-0.1, -0.05) is 0 Å². The maximum Gasteiger partial charge on any atom is 0.199 e. The van der Waals surface area contributed by atoms with Crippen molar-refractivity contribution < 1.29 is 9.15 Å². The van der Waals surface area contributed by atoms with Gasteiger partial charge in [-0.3, -0.25) is 0 Å². The van der Waals surface area contributed by atoms with Crippen molar-refractivity contribution in [3.8, 4) is 0 Å². The fraction of sp³-hybridized carbons (Fsp3) is 0.700. The summed E-state index contributed by atoms with van der Waals surface area (Å²) in [6.45, 7) is 3.48. The maximum absolute atomic E-state index is 5.70. The van der Waals surface area contributed by atoms with Gasteiger partial charge in [-0.2, -0.15) is 0 Å². The lowest BCUT2D eigenvalue weighted by atomic mass is 10.0. The Morgan fingerprint density at radius 3 is 3.07 bits per heavy atom. The first-order valence-corrected chi connectivity index (χ1v) is 5.06. The standard InChI is InChI=1S/C10H16N2O2/c1-7(11)9-6-14-10(12-9)8-3-2-4-13-5-8/h6-8H,2-5,11H2,1H3. The van der Waals surface area contributed by atoms with Gasteiger partial charge in [-0.05, 0) is 19.8 Å². The molecule has 0 aliphatic carbocycles. The van der Waals surface area contributed by atoms with Crippen molar-refractivity contribution in [2.24, 2.45) is 5.73 Å². The first-order valence-electron chi connectivity index (χ1n) is 5.06. The summed E-state index contributed by atoms with van der Waals surface area (Å²) in [4.78, 5) is 4.36. The Kier molecular flexibility index (Phi) is 2.84. The van der Waals surface area contributed by atoms with E-state index in [9.17, 15) is 0 Å². The summed E-state index contributed by atoms with van der Waals surface area (Å²) in [6, 6.07) is -0.0583. The minimum atomic E-state index is -0.0583. The molecule has 1 saturated heterocycles. The van der Waals surface area contributed by atoms with E-state index in [1.165, 1.54) is 0 Å². The maximum atomic E-state index is 5.70. The Bertz CT molecular complexity index is 290. The highest BCUT2D eigenvalue weighted by atomic mass is 16.5. The van der Waals surface area contributed by atoms with Crippen LogP contribution in [-0.2, 0) is 4.74 Å². The smallest absolute Gasteiger partial charge is 0.199 e. The van der Waals surface area contributed by atoms with Crippen LogP contribution in [-0.4, -0.2) is 18.2 Å². The summed E-state index contributed by atoms with van der Waals surface area (Å²) in [5.41, 5.74) is 6.53. The predicted molar refractivity (Wildman–Crippen MR) is 51.9 cm³/mol. The van der Waals surface area contributed by atoms with E-state index in [4.69, 9.17) is 14.9 Å². The molecular formula is C10H16N2O2. The van der Waals surface area contributed by atoms with Gasteiger partial charge in [0, 0.05) is 12.6 Å². The molecule has 1 aromatic heterocycles. The second kappa shape index (κ2) is 4.11. The van der Waals surface area contributed by atoms with Crippen molar-refractivity contribution in [1.82, 2.24) is 4.98 Å². The fourth-order valence-electron chi connectivity index (χ4n) is 1.63. The minimum absolute atomic E-state index is 0.0583. The summed E-state index contributed by atoms with van der Waals surface area (Å²) < 4.78 is 10.8. The van der Waals surface area contributed by atoms with Crippen LogP contribution in [0.25, 0.3) is 0 Å². The van der Waals surface area contributed by atoms with Crippen LogP contribution in [0.5, 0.6) is 0 Å². The quantitative estimate of drug-likeness (QED) is 0.780. The van der Waals surface area contributed by atoms with Crippen molar-refractivity contribution in [3.05, 3.63) is 17.8 Å². The molecule has 2 unspecified atom stereocenters. The molecule has 0 amide bonds. The van der Waals surface area contributed by atoms with Gasteiger partial charge in [-0.15, -0.1) is 0 Å². The summed E-state index contributed by atoms with van der Waals surface area (Å²) >= 11 is 0. The Morgan fingerprint density at radius 1 is 1.64 bits per heavy atom. The lowest BCUT2D eigenvalue weighted by Crippen LogP contribution is -2.16. The third kappa shape index (κ3) is 1.96. The molecule has 0 bridgehead atoms. The molecule has 2 heterocycles. The Hall–Kier alpha value is -0.870. The average Bonchev–Trinajstić information content (AvgIpc) is 2.68. The lowest BCUT2D eigenvalue weighted by molar-refractivity contribution is 0.0725. The van der Waals surface area contributed by atoms with Crippen LogP contribution >= 0.6 is 0 Å². The van der Waals surface area contributed by atoms with E-state index in [1.807, 2.05) is 6.92 Å². The van der Waals surface area contributed by atoms with Crippen LogP contribution in [0.4, 0.5) is 0 Å². The van der Waals surface area contributed by atoms with E-state index in [-0.39, 0.29) is 6.04 Å². The van der Waals surface area contributed by atoms with Crippen LogP contribution in [0.15, 0.2) is 10.7 Å². The number of nitrogens with two attached hydrogens (primary N) is 1. The van der Waals surface area contributed by atoms with Gasteiger partial charge < -0.3 is 14.9 Å². The van der Waals surface area contributed by atoms with Crippen molar-refractivity contribution in [2.75, 3.05) is 13.2 Å². The molecule has 2 atom stereocenters. The number of nitrogens with zero attached hydrogens (tertiary/aromatic N) is 1. The number of ether oxygens (including phenoxy) is 1. The van der Waals surface area contributed by atoms with Gasteiger partial charge in [-0.25, -0.2) is 4.98 Å². The van der Waals surface area contributed by atoms with Crippen LogP contribution in [0.3, 0.4) is 0 Å². The average molecular weight is 196 g/mol. The van der Waals surface area contributed by atoms with Gasteiger partial charge in [0.15, 0.2) is 5.89 Å². The van der Waals surface area contributed by atoms with Gasteiger partial charge in [0.05, 0.1) is 18.2 Å². The van der Waals surface area contributed by atoms with Crippen molar-refractivity contribution >= 4 is 0 Å². The molecule has 1 aromatic rings. The molecule has 78 valence electrons. The molecular weight excluding hydrogens is 180 g/mol.